The second-order valence-corrected chi connectivity index (χ2v) is 7.66. The number of halogens is 1. The summed E-state index contributed by atoms with van der Waals surface area (Å²) in [5.41, 5.74) is 1.16. The lowest BCUT2D eigenvalue weighted by atomic mass is 10.0. The van der Waals surface area contributed by atoms with Crippen LogP contribution in [0.2, 0.25) is 5.02 Å². The zero-order chi connectivity index (χ0) is 18.4. The van der Waals surface area contributed by atoms with Gasteiger partial charge in [-0.25, -0.2) is 13.1 Å². The Morgan fingerprint density at radius 2 is 1.80 bits per heavy atom. The van der Waals surface area contributed by atoms with E-state index in [2.05, 4.69) is 10.0 Å². The maximum absolute atomic E-state index is 12.4. The lowest BCUT2D eigenvalue weighted by molar-refractivity contribution is -0.116. The molecular weight excluding hydrogens is 364 g/mol. The summed E-state index contributed by atoms with van der Waals surface area (Å²) in [5, 5.41) is 3.26. The summed E-state index contributed by atoms with van der Waals surface area (Å²) < 4.78 is 30.9. The summed E-state index contributed by atoms with van der Waals surface area (Å²) in [5.74, 6) is 0.176. The van der Waals surface area contributed by atoms with E-state index in [-0.39, 0.29) is 12.3 Å². The lowest BCUT2D eigenvalue weighted by Crippen LogP contribution is -2.30. The van der Waals surface area contributed by atoms with Gasteiger partial charge >= 0.3 is 0 Å². The highest BCUT2D eigenvalue weighted by Crippen LogP contribution is 2.25. The minimum absolute atomic E-state index is 0.0766. The fraction of sp³-hybridized carbons (Fsp3) is 0.235. The lowest BCUT2D eigenvalue weighted by Gasteiger charge is -2.18. The SMILES string of the molecule is COc1ccccc1NC(=O)C[C@@H](NS(C)(=O)=O)c1ccc(Cl)cc1. The first-order chi connectivity index (χ1) is 11.8. The molecule has 6 nitrogen and oxygen atoms in total. The summed E-state index contributed by atoms with van der Waals surface area (Å²) in [7, 11) is -1.99. The first-order valence-electron chi connectivity index (χ1n) is 7.44. The van der Waals surface area contributed by atoms with Crippen LogP contribution in [0.25, 0.3) is 0 Å². The molecule has 0 bridgehead atoms. The van der Waals surface area contributed by atoms with E-state index in [4.69, 9.17) is 16.3 Å². The van der Waals surface area contributed by atoms with E-state index in [0.29, 0.717) is 22.0 Å². The summed E-state index contributed by atoms with van der Waals surface area (Å²) in [6.07, 6.45) is 0.973. The quantitative estimate of drug-likeness (QED) is 0.771. The Morgan fingerprint density at radius 1 is 1.16 bits per heavy atom. The van der Waals surface area contributed by atoms with Crippen molar-refractivity contribution < 1.29 is 17.9 Å². The fourth-order valence-corrected chi connectivity index (χ4v) is 3.18. The first kappa shape index (κ1) is 19.2. The number of amides is 1. The molecule has 0 aliphatic heterocycles. The van der Waals surface area contributed by atoms with Gasteiger partial charge in [0.05, 0.1) is 25.1 Å². The number of carbonyl (C=O) groups is 1. The van der Waals surface area contributed by atoms with Crippen molar-refractivity contribution in [1.82, 2.24) is 4.72 Å². The average Bonchev–Trinajstić information content (AvgIpc) is 2.54. The minimum Gasteiger partial charge on any atom is -0.495 e. The van der Waals surface area contributed by atoms with Gasteiger partial charge in [0.2, 0.25) is 15.9 Å². The van der Waals surface area contributed by atoms with Gasteiger partial charge in [-0.2, -0.15) is 0 Å². The van der Waals surface area contributed by atoms with E-state index < -0.39 is 16.1 Å². The molecule has 0 fully saturated rings. The predicted molar refractivity (Wildman–Crippen MR) is 98.4 cm³/mol. The normalized spacial score (nSPS) is 12.4. The molecule has 0 radical (unpaired) electrons. The maximum atomic E-state index is 12.4. The molecule has 0 spiro atoms. The van der Waals surface area contributed by atoms with Gasteiger partial charge in [0.1, 0.15) is 5.75 Å². The molecule has 1 amide bonds. The smallest absolute Gasteiger partial charge is 0.226 e. The number of carbonyl (C=O) groups excluding carboxylic acids is 1. The molecule has 2 aromatic rings. The van der Waals surface area contributed by atoms with Gasteiger partial charge in [-0.05, 0) is 29.8 Å². The van der Waals surface area contributed by atoms with Gasteiger partial charge in [0, 0.05) is 11.4 Å². The van der Waals surface area contributed by atoms with Crippen molar-refractivity contribution in [2.24, 2.45) is 0 Å². The molecule has 0 saturated heterocycles. The van der Waals surface area contributed by atoms with Gasteiger partial charge in [-0.1, -0.05) is 35.9 Å². The summed E-state index contributed by atoms with van der Waals surface area (Å²) in [6.45, 7) is 0. The number of benzene rings is 2. The number of methoxy groups -OCH3 is 1. The summed E-state index contributed by atoms with van der Waals surface area (Å²) in [6, 6.07) is 12.9. The third-order valence-electron chi connectivity index (χ3n) is 3.40. The Morgan fingerprint density at radius 3 is 2.40 bits per heavy atom. The van der Waals surface area contributed by atoms with E-state index in [1.807, 2.05) is 0 Å². The van der Waals surface area contributed by atoms with Crippen LogP contribution < -0.4 is 14.8 Å². The zero-order valence-electron chi connectivity index (χ0n) is 13.8. The molecule has 0 aliphatic rings. The van der Waals surface area contributed by atoms with Crippen molar-refractivity contribution in [3.05, 3.63) is 59.1 Å². The predicted octanol–water partition coefficient (Wildman–Crippen LogP) is 2.97. The highest BCUT2D eigenvalue weighted by atomic mass is 35.5. The molecule has 0 aliphatic carbocycles. The van der Waals surface area contributed by atoms with Gasteiger partial charge in [0.15, 0.2) is 0 Å². The number of nitrogens with one attached hydrogen (secondary N) is 2. The van der Waals surface area contributed by atoms with Crippen LogP contribution in [0.15, 0.2) is 48.5 Å². The number of hydrogen-bond donors (Lipinski definition) is 2. The van der Waals surface area contributed by atoms with Crippen LogP contribution in [-0.4, -0.2) is 27.7 Å². The van der Waals surface area contributed by atoms with Crippen LogP contribution in [0, 0.1) is 0 Å². The number of sulfonamides is 1. The zero-order valence-corrected chi connectivity index (χ0v) is 15.4. The minimum atomic E-state index is -3.50. The van der Waals surface area contributed by atoms with Crippen molar-refractivity contribution >= 4 is 33.2 Å². The standard InChI is InChI=1S/C17H19ClN2O4S/c1-24-16-6-4-3-5-14(16)19-17(21)11-15(20-25(2,22)23)12-7-9-13(18)10-8-12/h3-10,15,20H,11H2,1-2H3,(H,19,21)/t15-/m1/s1. The molecule has 0 unspecified atom stereocenters. The van der Waals surface area contributed by atoms with Gasteiger partial charge < -0.3 is 10.1 Å². The summed E-state index contributed by atoms with van der Waals surface area (Å²) >= 11 is 5.86. The Balaban J connectivity index is 2.18. The van der Waals surface area contributed by atoms with Crippen LogP contribution >= 0.6 is 11.6 Å². The first-order valence-corrected chi connectivity index (χ1v) is 9.71. The van der Waals surface area contributed by atoms with Crippen LogP contribution in [0.1, 0.15) is 18.0 Å². The maximum Gasteiger partial charge on any atom is 0.226 e. The van der Waals surface area contributed by atoms with E-state index in [1.165, 1.54) is 7.11 Å². The van der Waals surface area contributed by atoms with Crippen LogP contribution in [0.4, 0.5) is 5.69 Å². The second kappa shape index (κ2) is 8.33. The average molecular weight is 383 g/mol. The molecule has 1 atom stereocenters. The van der Waals surface area contributed by atoms with Gasteiger partial charge in [-0.3, -0.25) is 4.79 Å². The molecular formula is C17H19ClN2O4S. The molecule has 0 heterocycles. The summed E-state index contributed by atoms with van der Waals surface area (Å²) in [4.78, 5) is 12.4. The van der Waals surface area contributed by atoms with Crippen molar-refractivity contribution in [3.8, 4) is 5.75 Å². The highest BCUT2D eigenvalue weighted by molar-refractivity contribution is 7.88. The number of anilines is 1. The van der Waals surface area contributed by atoms with E-state index in [0.717, 1.165) is 6.26 Å². The molecule has 2 aromatic carbocycles. The van der Waals surface area contributed by atoms with Gasteiger partial charge in [-0.15, -0.1) is 0 Å². The fourth-order valence-electron chi connectivity index (χ4n) is 2.32. The van der Waals surface area contributed by atoms with Crippen molar-refractivity contribution in [2.45, 2.75) is 12.5 Å². The number of hydrogen-bond acceptors (Lipinski definition) is 4. The second-order valence-electron chi connectivity index (χ2n) is 5.45. The molecule has 134 valence electrons. The molecule has 2 N–H and O–H groups in total. The van der Waals surface area contributed by atoms with Crippen molar-refractivity contribution in [3.63, 3.8) is 0 Å². The third-order valence-corrected chi connectivity index (χ3v) is 4.36. The van der Waals surface area contributed by atoms with Crippen LogP contribution in [0.3, 0.4) is 0 Å². The number of rotatable bonds is 7. The van der Waals surface area contributed by atoms with Crippen LogP contribution in [-0.2, 0) is 14.8 Å². The van der Waals surface area contributed by atoms with E-state index in [1.54, 1.807) is 48.5 Å². The Labute approximate surface area is 152 Å². The van der Waals surface area contributed by atoms with Crippen molar-refractivity contribution in [1.29, 1.82) is 0 Å². The van der Waals surface area contributed by atoms with E-state index in [9.17, 15) is 13.2 Å². The highest BCUT2D eigenvalue weighted by Gasteiger charge is 2.20. The van der Waals surface area contributed by atoms with Gasteiger partial charge in [0.25, 0.3) is 0 Å². The molecule has 25 heavy (non-hydrogen) atoms. The van der Waals surface area contributed by atoms with E-state index >= 15 is 0 Å². The van der Waals surface area contributed by atoms with Crippen LogP contribution in [0.5, 0.6) is 5.75 Å². The molecule has 0 saturated carbocycles. The third kappa shape index (κ3) is 6.04. The molecule has 2 rings (SSSR count). The Bertz CT molecular complexity index is 838. The van der Waals surface area contributed by atoms with Crippen molar-refractivity contribution in [2.75, 3.05) is 18.7 Å². The topological polar surface area (TPSA) is 84.5 Å². The molecule has 8 heteroatoms. The molecule has 0 aromatic heterocycles. The number of ether oxygens (including phenoxy) is 1. The monoisotopic (exact) mass is 382 g/mol. The number of para-hydroxylation sites is 2. The largest absolute Gasteiger partial charge is 0.495 e. The Hall–Kier alpha value is -2.09. The Kier molecular flexibility index (Phi) is 6.41.